The van der Waals surface area contributed by atoms with Gasteiger partial charge in [0.15, 0.2) is 0 Å². The molecule has 1 aromatic carbocycles. The van der Waals surface area contributed by atoms with E-state index in [4.69, 9.17) is 5.21 Å². The Balaban J connectivity index is 2.19. The number of rotatable bonds is 7. The molecular formula is C13H16BrN3O3. The van der Waals surface area contributed by atoms with E-state index in [0.717, 1.165) is 10.0 Å². The molecule has 0 radical (unpaired) electrons. The van der Waals surface area contributed by atoms with E-state index in [0.29, 0.717) is 12.8 Å². The van der Waals surface area contributed by atoms with Crippen molar-refractivity contribution in [1.82, 2.24) is 10.9 Å². The molecule has 0 atom stereocenters. The Morgan fingerprint density at radius 1 is 1.15 bits per heavy atom. The van der Waals surface area contributed by atoms with Crippen LogP contribution in [0.1, 0.15) is 31.2 Å². The molecule has 0 saturated carbocycles. The Morgan fingerprint density at radius 3 is 2.35 bits per heavy atom. The molecule has 0 bridgehead atoms. The third-order valence-electron chi connectivity index (χ3n) is 2.46. The number of benzene rings is 1. The summed E-state index contributed by atoms with van der Waals surface area (Å²) >= 11 is 3.33. The highest BCUT2D eigenvalue weighted by molar-refractivity contribution is 9.10. The van der Waals surface area contributed by atoms with Crippen LogP contribution < -0.4 is 10.9 Å². The molecule has 2 amide bonds. The molecule has 0 aromatic heterocycles. The number of hydrazone groups is 1. The minimum absolute atomic E-state index is 0.200. The zero-order valence-electron chi connectivity index (χ0n) is 10.8. The van der Waals surface area contributed by atoms with Crippen LogP contribution in [0, 0.1) is 0 Å². The first-order valence-corrected chi connectivity index (χ1v) is 6.91. The van der Waals surface area contributed by atoms with Crippen molar-refractivity contribution in [3.05, 3.63) is 34.3 Å². The third kappa shape index (κ3) is 7.01. The SMILES string of the molecule is O=C(CCCCC(=O)N/N=C/c1ccc(Br)cc1)NO. The van der Waals surface area contributed by atoms with E-state index in [1.165, 1.54) is 0 Å². The standard InChI is InChI=1S/C13H16BrN3O3/c14-11-7-5-10(6-8-11)9-15-16-12(18)3-1-2-4-13(19)17-20/h5-9,20H,1-4H2,(H,16,18)(H,17,19)/b15-9+. The molecule has 0 unspecified atom stereocenters. The first-order chi connectivity index (χ1) is 9.61. The number of unbranched alkanes of at least 4 members (excludes halogenated alkanes) is 1. The summed E-state index contributed by atoms with van der Waals surface area (Å²) in [5.41, 5.74) is 4.84. The summed E-state index contributed by atoms with van der Waals surface area (Å²) in [7, 11) is 0. The number of amides is 2. The van der Waals surface area contributed by atoms with Gasteiger partial charge < -0.3 is 0 Å². The maximum absolute atomic E-state index is 11.4. The lowest BCUT2D eigenvalue weighted by Gasteiger charge is -2.00. The molecule has 6 nitrogen and oxygen atoms in total. The van der Waals surface area contributed by atoms with E-state index in [-0.39, 0.29) is 18.7 Å². The van der Waals surface area contributed by atoms with E-state index < -0.39 is 5.91 Å². The van der Waals surface area contributed by atoms with Crippen LogP contribution in [-0.2, 0) is 9.59 Å². The van der Waals surface area contributed by atoms with Crippen molar-refractivity contribution in [2.75, 3.05) is 0 Å². The van der Waals surface area contributed by atoms with Gasteiger partial charge in [0.25, 0.3) is 0 Å². The average Bonchev–Trinajstić information content (AvgIpc) is 2.45. The van der Waals surface area contributed by atoms with Crippen LogP contribution in [0.5, 0.6) is 0 Å². The minimum Gasteiger partial charge on any atom is -0.289 e. The number of hydroxylamine groups is 1. The highest BCUT2D eigenvalue weighted by Gasteiger charge is 2.02. The smallest absolute Gasteiger partial charge is 0.243 e. The van der Waals surface area contributed by atoms with Crippen molar-refractivity contribution in [3.63, 3.8) is 0 Å². The lowest BCUT2D eigenvalue weighted by atomic mass is 10.2. The number of hydrogen-bond acceptors (Lipinski definition) is 4. The number of nitrogens with one attached hydrogen (secondary N) is 2. The molecule has 0 aliphatic carbocycles. The fourth-order valence-electron chi connectivity index (χ4n) is 1.41. The summed E-state index contributed by atoms with van der Waals surface area (Å²) in [4.78, 5) is 22.1. The van der Waals surface area contributed by atoms with Crippen molar-refractivity contribution < 1.29 is 14.8 Å². The summed E-state index contributed by atoms with van der Waals surface area (Å²) in [6.07, 6.45) is 3.15. The van der Waals surface area contributed by atoms with Crippen molar-refractivity contribution >= 4 is 34.0 Å². The van der Waals surface area contributed by atoms with Gasteiger partial charge in [-0.25, -0.2) is 10.9 Å². The quantitative estimate of drug-likeness (QED) is 0.306. The molecule has 7 heteroatoms. The van der Waals surface area contributed by atoms with Gasteiger partial charge in [-0.15, -0.1) is 0 Å². The van der Waals surface area contributed by atoms with E-state index in [2.05, 4.69) is 26.5 Å². The third-order valence-corrected chi connectivity index (χ3v) is 2.98. The highest BCUT2D eigenvalue weighted by Crippen LogP contribution is 2.08. The van der Waals surface area contributed by atoms with Crippen molar-refractivity contribution in [3.8, 4) is 0 Å². The predicted octanol–water partition coefficient (Wildman–Crippen LogP) is 1.96. The molecule has 108 valence electrons. The van der Waals surface area contributed by atoms with Gasteiger partial charge in [-0.3, -0.25) is 14.8 Å². The molecule has 1 rings (SSSR count). The van der Waals surface area contributed by atoms with Crippen LogP contribution >= 0.6 is 15.9 Å². The molecule has 0 spiro atoms. The summed E-state index contributed by atoms with van der Waals surface area (Å²) in [5, 5.41) is 12.1. The zero-order chi connectivity index (χ0) is 14.8. The van der Waals surface area contributed by atoms with Crippen LogP contribution in [0.25, 0.3) is 0 Å². The van der Waals surface area contributed by atoms with Gasteiger partial charge in [-0.2, -0.15) is 5.10 Å². The van der Waals surface area contributed by atoms with Crippen LogP contribution in [0.15, 0.2) is 33.8 Å². The van der Waals surface area contributed by atoms with Crippen molar-refractivity contribution in [2.24, 2.45) is 5.10 Å². The van der Waals surface area contributed by atoms with Gasteiger partial charge in [-0.05, 0) is 30.5 Å². The Kier molecular flexibility index (Phi) is 7.52. The fourth-order valence-corrected chi connectivity index (χ4v) is 1.67. The number of halogens is 1. The van der Waals surface area contributed by atoms with Crippen molar-refractivity contribution in [2.45, 2.75) is 25.7 Å². The molecular weight excluding hydrogens is 326 g/mol. The van der Waals surface area contributed by atoms with Crippen LogP contribution in [0.3, 0.4) is 0 Å². The van der Waals surface area contributed by atoms with Gasteiger partial charge in [-0.1, -0.05) is 28.1 Å². The van der Waals surface area contributed by atoms with Gasteiger partial charge >= 0.3 is 0 Å². The topological polar surface area (TPSA) is 90.8 Å². The van der Waals surface area contributed by atoms with Gasteiger partial charge in [0.1, 0.15) is 0 Å². The number of carbonyl (C=O) groups is 2. The molecule has 1 aromatic rings. The van der Waals surface area contributed by atoms with Crippen LogP contribution in [0.2, 0.25) is 0 Å². The lowest BCUT2D eigenvalue weighted by molar-refractivity contribution is -0.129. The number of nitrogens with zero attached hydrogens (tertiary/aromatic N) is 1. The normalized spacial score (nSPS) is 10.5. The monoisotopic (exact) mass is 341 g/mol. The number of carbonyl (C=O) groups excluding carboxylic acids is 2. The molecule has 3 N–H and O–H groups in total. The van der Waals surface area contributed by atoms with Crippen LogP contribution in [-0.4, -0.2) is 23.2 Å². The van der Waals surface area contributed by atoms with Crippen molar-refractivity contribution in [1.29, 1.82) is 0 Å². The lowest BCUT2D eigenvalue weighted by Crippen LogP contribution is -2.19. The van der Waals surface area contributed by atoms with Crippen LogP contribution in [0.4, 0.5) is 0 Å². The summed E-state index contributed by atoms with van der Waals surface area (Å²) in [6.45, 7) is 0. The second-order valence-corrected chi connectivity index (χ2v) is 5.00. The van der Waals surface area contributed by atoms with E-state index >= 15 is 0 Å². The van der Waals surface area contributed by atoms with E-state index in [1.54, 1.807) is 11.7 Å². The highest BCUT2D eigenvalue weighted by atomic mass is 79.9. The summed E-state index contributed by atoms with van der Waals surface area (Å²) < 4.78 is 0.977. The fraction of sp³-hybridized carbons (Fsp3) is 0.308. The van der Waals surface area contributed by atoms with Gasteiger partial charge in [0.2, 0.25) is 11.8 Å². The molecule has 0 fully saturated rings. The Labute approximate surface area is 125 Å². The molecule has 0 aliphatic rings. The molecule has 0 aliphatic heterocycles. The largest absolute Gasteiger partial charge is 0.289 e. The summed E-state index contributed by atoms with van der Waals surface area (Å²) in [6, 6.07) is 7.51. The first-order valence-electron chi connectivity index (χ1n) is 6.12. The maximum atomic E-state index is 11.4. The average molecular weight is 342 g/mol. The van der Waals surface area contributed by atoms with Gasteiger partial charge in [0.05, 0.1) is 6.21 Å². The van der Waals surface area contributed by atoms with E-state index in [9.17, 15) is 9.59 Å². The first kappa shape index (κ1) is 16.3. The summed E-state index contributed by atoms with van der Waals surface area (Å²) in [5.74, 6) is -0.651. The Morgan fingerprint density at radius 2 is 1.75 bits per heavy atom. The Hall–Kier alpha value is -1.73. The maximum Gasteiger partial charge on any atom is 0.243 e. The minimum atomic E-state index is -0.446. The molecule has 0 heterocycles. The zero-order valence-corrected chi connectivity index (χ0v) is 12.4. The molecule has 0 saturated heterocycles. The predicted molar refractivity (Wildman–Crippen MR) is 78.3 cm³/mol. The molecule has 20 heavy (non-hydrogen) atoms. The number of hydrogen-bond donors (Lipinski definition) is 3. The Bertz CT molecular complexity index is 474. The van der Waals surface area contributed by atoms with E-state index in [1.807, 2.05) is 24.3 Å². The second kappa shape index (κ2) is 9.22. The van der Waals surface area contributed by atoms with Gasteiger partial charge in [0, 0.05) is 17.3 Å². The second-order valence-electron chi connectivity index (χ2n) is 4.09.